The van der Waals surface area contributed by atoms with Gasteiger partial charge in [-0.3, -0.25) is 0 Å². The summed E-state index contributed by atoms with van der Waals surface area (Å²) in [5, 5.41) is 2.42. The minimum Gasteiger partial charge on any atom is -0.497 e. The fourth-order valence-corrected chi connectivity index (χ4v) is 2.93. The fourth-order valence-electron chi connectivity index (χ4n) is 2.34. The third-order valence-corrected chi connectivity index (χ3v) is 4.51. The van der Waals surface area contributed by atoms with Gasteiger partial charge in [0.15, 0.2) is 0 Å². The minimum atomic E-state index is 0.218. The number of methoxy groups -OCH3 is 1. The Morgan fingerprint density at radius 2 is 1.50 bits per heavy atom. The van der Waals surface area contributed by atoms with Crippen LogP contribution in [0.1, 0.15) is 16.0 Å². The molecule has 0 saturated heterocycles. The lowest BCUT2D eigenvalue weighted by atomic mass is 10.0. The van der Waals surface area contributed by atoms with Crippen molar-refractivity contribution in [3.05, 3.63) is 77.9 Å². The van der Waals surface area contributed by atoms with Gasteiger partial charge >= 0.3 is 0 Å². The molecule has 100 valence electrons. The molecular formula is C18H15BrO. The number of hydrogen-bond acceptors (Lipinski definition) is 1. The number of rotatable bonds is 3. The molecule has 2 heteroatoms. The fraction of sp³-hybridized carbons (Fsp3) is 0.111. The van der Waals surface area contributed by atoms with Gasteiger partial charge in [0.25, 0.3) is 0 Å². The normalized spacial score (nSPS) is 12.3. The van der Waals surface area contributed by atoms with Crippen LogP contribution < -0.4 is 4.74 Å². The highest BCUT2D eigenvalue weighted by atomic mass is 79.9. The Balaban J connectivity index is 2.01. The molecule has 1 unspecified atom stereocenters. The lowest BCUT2D eigenvalue weighted by molar-refractivity contribution is 0.415. The lowest BCUT2D eigenvalue weighted by Gasteiger charge is -2.12. The zero-order valence-electron chi connectivity index (χ0n) is 11.2. The summed E-state index contributed by atoms with van der Waals surface area (Å²) in [4.78, 5) is 0.218. The predicted molar refractivity (Wildman–Crippen MR) is 87.7 cm³/mol. The maximum atomic E-state index is 5.26. The van der Waals surface area contributed by atoms with Gasteiger partial charge in [-0.25, -0.2) is 0 Å². The molecule has 0 aliphatic rings. The molecule has 0 radical (unpaired) electrons. The number of benzene rings is 3. The predicted octanol–water partition coefficient (Wildman–Crippen LogP) is 5.33. The van der Waals surface area contributed by atoms with Crippen LogP contribution in [0.4, 0.5) is 0 Å². The molecule has 1 atom stereocenters. The van der Waals surface area contributed by atoms with Crippen LogP contribution >= 0.6 is 15.9 Å². The summed E-state index contributed by atoms with van der Waals surface area (Å²) in [6.07, 6.45) is 0. The van der Waals surface area contributed by atoms with Crippen LogP contribution in [0, 0.1) is 0 Å². The smallest absolute Gasteiger partial charge is 0.119 e. The zero-order valence-corrected chi connectivity index (χ0v) is 12.8. The standard InChI is InChI=1S/C18H15BrO/c1-20-17-10-9-14-11-16(8-7-15(14)12-17)18(19)13-5-3-2-4-6-13/h2-12,18H,1H3. The second kappa shape index (κ2) is 5.68. The van der Waals surface area contributed by atoms with Crippen molar-refractivity contribution in [3.63, 3.8) is 0 Å². The number of hydrogen-bond donors (Lipinski definition) is 0. The van der Waals surface area contributed by atoms with Gasteiger partial charge in [0.05, 0.1) is 11.9 Å². The first kappa shape index (κ1) is 13.2. The number of ether oxygens (including phenoxy) is 1. The van der Waals surface area contributed by atoms with Crippen LogP contribution in [0.15, 0.2) is 66.7 Å². The van der Waals surface area contributed by atoms with Crippen LogP contribution in [0.25, 0.3) is 10.8 Å². The molecule has 0 spiro atoms. The lowest BCUT2D eigenvalue weighted by Crippen LogP contribution is -1.92. The monoisotopic (exact) mass is 326 g/mol. The van der Waals surface area contributed by atoms with Crippen molar-refractivity contribution >= 4 is 26.7 Å². The summed E-state index contributed by atoms with van der Waals surface area (Å²) >= 11 is 3.78. The van der Waals surface area contributed by atoms with E-state index in [0.29, 0.717) is 0 Å². The highest BCUT2D eigenvalue weighted by Gasteiger charge is 2.10. The van der Waals surface area contributed by atoms with Crippen molar-refractivity contribution in [2.24, 2.45) is 0 Å². The molecule has 0 N–H and O–H groups in total. The summed E-state index contributed by atoms with van der Waals surface area (Å²) in [7, 11) is 1.69. The largest absolute Gasteiger partial charge is 0.497 e. The highest BCUT2D eigenvalue weighted by molar-refractivity contribution is 9.09. The third-order valence-electron chi connectivity index (χ3n) is 3.46. The van der Waals surface area contributed by atoms with E-state index in [1.54, 1.807) is 7.11 Å². The van der Waals surface area contributed by atoms with E-state index in [2.05, 4.69) is 70.5 Å². The van der Waals surface area contributed by atoms with E-state index in [4.69, 9.17) is 4.74 Å². The Hall–Kier alpha value is -1.80. The molecule has 1 nitrogen and oxygen atoms in total. The minimum absolute atomic E-state index is 0.218. The van der Waals surface area contributed by atoms with Crippen LogP contribution in [0.2, 0.25) is 0 Å². The molecule has 0 aromatic heterocycles. The summed E-state index contributed by atoms with van der Waals surface area (Å²) in [5.74, 6) is 0.892. The van der Waals surface area contributed by atoms with Crippen molar-refractivity contribution in [2.75, 3.05) is 7.11 Å². The molecule has 3 aromatic carbocycles. The summed E-state index contributed by atoms with van der Waals surface area (Å²) in [6, 6.07) is 23.1. The van der Waals surface area contributed by atoms with E-state index >= 15 is 0 Å². The average molecular weight is 327 g/mol. The molecule has 0 heterocycles. The second-order valence-corrected chi connectivity index (χ2v) is 5.66. The Kier molecular flexibility index (Phi) is 3.75. The maximum Gasteiger partial charge on any atom is 0.119 e. The Bertz CT molecular complexity index is 722. The van der Waals surface area contributed by atoms with Gasteiger partial charge in [-0.1, -0.05) is 64.5 Å². The zero-order chi connectivity index (χ0) is 13.9. The topological polar surface area (TPSA) is 9.23 Å². The van der Waals surface area contributed by atoms with E-state index in [1.807, 2.05) is 12.1 Å². The molecular weight excluding hydrogens is 312 g/mol. The number of fused-ring (bicyclic) bond motifs is 1. The van der Waals surface area contributed by atoms with E-state index in [9.17, 15) is 0 Å². The molecule has 0 aliphatic heterocycles. The molecule has 20 heavy (non-hydrogen) atoms. The van der Waals surface area contributed by atoms with Crippen molar-refractivity contribution in [1.82, 2.24) is 0 Å². The number of halogens is 1. The molecule has 0 saturated carbocycles. The summed E-state index contributed by atoms with van der Waals surface area (Å²) in [6.45, 7) is 0. The van der Waals surface area contributed by atoms with Crippen molar-refractivity contribution in [1.29, 1.82) is 0 Å². The molecule has 0 bridgehead atoms. The van der Waals surface area contributed by atoms with Crippen LogP contribution in [-0.4, -0.2) is 7.11 Å². The average Bonchev–Trinajstić information content (AvgIpc) is 2.54. The quantitative estimate of drug-likeness (QED) is 0.591. The van der Waals surface area contributed by atoms with Gasteiger partial charge in [-0.05, 0) is 40.1 Å². The first-order valence-electron chi connectivity index (χ1n) is 6.54. The molecule has 3 rings (SSSR count). The Labute approximate surface area is 127 Å². The van der Waals surface area contributed by atoms with E-state index < -0.39 is 0 Å². The van der Waals surface area contributed by atoms with Gasteiger partial charge in [-0.2, -0.15) is 0 Å². The molecule has 0 amide bonds. The van der Waals surface area contributed by atoms with E-state index in [1.165, 1.54) is 21.9 Å². The van der Waals surface area contributed by atoms with Crippen LogP contribution in [0.3, 0.4) is 0 Å². The van der Waals surface area contributed by atoms with Gasteiger partial charge in [0.2, 0.25) is 0 Å². The molecule has 3 aromatic rings. The summed E-state index contributed by atoms with van der Waals surface area (Å²) < 4.78 is 5.26. The van der Waals surface area contributed by atoms with E-state index in [-0.39, 0.29) is 4.83 Å². The van der Waals surface area contributed by atoms with Crippen molar-refractivity contribution in [3.8, 4) is 5.75 Å². The Morgan fingerprint density at radius 3 is 2.25 bits per heavy atom. The van der Waals surface area contributed by atoms with Gasteiger partial charge in [0, 0.05) is 0 Å². The van der Waals surface area contributed by atoms with Gasteiger partial charge < -0.3 is 4.74 Å². The van der Waals surface area contributed by atoms with Gasteiger partial charge in [-0.15, -0.1) is 0 Å². The first-order chi connectivity index (χ1) is 9.78. The van der Waals surface area contributed by atoms with Crippen LogP contribution in [0.5, 0.6) is 5.75 Å². The van der Waals surface area contributed by atoms with Gasteiger partial charge in [0.1, 0.15) is 5.75 Å². The van der Waals surface area contributed by atoms with E-state index in [0.717, 1.165) is 5.75 Å². The first-order valence-corrected chi connectivity index (χ1v) is 7.46. The molecule has 0 aliphatic carbocycles. The van der Waals surface area contributed by atoms with Crippen LogP contribution in [-0.2, 0) is 0 Å². The molecule has 0 fully saturated rings. The number of alkyl halides is 1. The second-order valence-electron chi connectivity index (χ2n) is 4.75. The summed E-state index contributed by atoms with van der Waals surface area (Å²) in [5.41, 5.74) is 2.52. The maximum absolute atomic E-state index is 5.26. The SMILES string of the molecule is COc1ccc2cc(C(Br)c3ccccc3)ccc2c1. The Morgan fingerprint density at radius 1 is 0.800 bits per heavy atom. The van der Waals surface area contributed by atoms with Crippen molar-refractivity contribution in [2.45, 2.75) is 4.83 Å². The van der Waals surface area contributed by atoms with Crippen molar-refractivity contribution < 1.29 is 4.74 Å². The third kappa shape index (κ3) is 2.56. The highest BCUT2D eigenvalue weighted by Crippen LogP contribution is 2.33.